The van der Waals surface area contributed by atoms with E-state index in [1.54, 1.807) is 0 Å². The van der Waals surface area contributed by atoms with Gasteiger partial charge in [0.2, 0.25) is 0 Å². The molecule has 4 nitrogen and oxygen atoms in total. The highest BCUT2D eigenvalue weighted by atomic mass is 16.4. The second kappa shape index (κ2) is 4.06. The third kappa shape index (κ3) is 2.21. The smallest absolute Gasteiger partial charge is 0.307 e. The van der Waals surface area contributed by atoms with Crippen molar-refractivity contribution >= 4 is 5.97 Å². The third-order valence-electron chi connectivity index (χ3n) is 3.06. The minimum absolute atomic E-state index is 0.176. The van der Waals surface area contributed by atoms with E-state index in [9.17, 15) is 4.79 Å². The predicted octanol–water partition coefficient (Wildman–Crippen LogP) is 0.932. The summed E-state index contributed by atoms with van der Waals surface area (Å²) in [5.74, 6) is -0.838. The van der Waals surface area contributed by atoms with Crippen LogP contribution in [-0.2, 0) is 18.4 Å². The minimum Gasteiger partial charge on any atom is -0.481 e. The summed E-state index contributed by atoms with van der Waals surface area (Å²) >= 11 is 0. The molecule has 1 aliphatic heterocycles. The highest BCUT2D eigenvalue weighted by Crippen LogP contribution is 2.18. The van der Waals surface area contributed by atoms with Crippen LogP contribution in [0.25, 0.3) is 0 Å². The van der Waals surface area contributed by atoms with Crippen LogP contribution in [0, 0.1) is 5.92 Å². The first-order valence-corrected chi connectivity index (χ1v) is 5.22. The number of aliphatic carboxylic acids is 1. The summed E-state index contributed by atoms with van der Waals surface area (Å²) in [6.07, 6.45) is 2.79. The summed E-state index contributed by atoms with van der Waals surface area (Å²) < 4.78 is 2.08. The minimum atomic E-state index is -0.663. The fourth-order valence-corrected chi connectivity index (χ4v) is 2.07. The number of hydrogen-bond acceptors (Lipinski definition) is 2. The normalized spacial score (nSPS) is 22.1. The summed E-state index contributed by atoms with van der Waals surface area (Å²) in [6, 6.07) is 4.09. The second-order valence-corrected chi connectivity index (χ2v) is 4.17. The SMILES string of the molecule is Cn1cccc1CN1CCC(C(=O)O)C1. The molecule has 2 heterocycles. The Morgan fingerprint density at radius 1 is 1.67 bits per heavy atom. The van der Waals surface area contributed by atoms with Crippen LogP contribution in [0.3, 0.4) is 0 Å². The van der Waals surface area contributed by atoms with Crippen LogP contribution in [0.15, 0.2) is 18.3 Å². The lowest BCUT2D eigenvalue weighted by molar-refractivity contribution is -0.141. The van der Waals surface area contributed by atoms with Gasteiger partial charge in [0.05, 0.1) is 5.92 Å². The third-order valence-corrected chi connectivity index (χ3v) is 3.06. The van der Waals surface area contributed by atoms with Crippen molar-refractivity contribution in [3.63, 3.8) is 0 Å². The van der Waals surface area contributed by atoms with E-state index >= 15 is 0 Å². The number of likely N-dealkylation sites (tertiary alicyclic amines) is 1. The zero-order valence-electron chi connectivity index (χ0n) is 8.89. The number of carboxylic acid groups (broad SMARTS) is 1. The molecule has 82 valence electrons. The van der Waals surface area contributed by atoms with Gasteiger partial charge in [0, 0.05) is 32.0 Å². The van der Waals surface area contributed by atoms with Gasteiger partial charge in [-0.15, -0.1) is 0 Å². The van der Waals surface area contributed by atoms with Crippen LogP contribution in [0.5, 0.6) is 0 Å². The van der Waals surface area contributed by atoms with E-state index in [1.165, 1.54) is 5.69 Å². The molecule has 1 saturated heterocycles. The van der Waals surface area contributed by atoms with E-state index in [2.05, 4.69) is 15.5 Å². The Morgan fingerprint density at radius 2 is 2.47 bits per heavy atom. The molecule has 1 aromatic heterocycles. The first kappa shape index (κ1) is 10.2. The molecule has 0 bridgehead atoms. The fraction of sp³-hybridized carbons (Fsp3) is 0.545. The molecule has 4 heteroatoms. The summed E-state index contributed by atoms with van der Waals surface area (Å²) in [6.45, 7) is 2.43. The first-order valence-electron chi connectivity index (χ1n) is 5.22. The molecule has 1 unspecified atom stereocenters. The van der Waals surface area contributed by atoms with E-state index in [0.29, 0.717) is 6.54 Å². The molecule has 0 amide bonds. The van der Waals surface area contributed by atoms with Crippen molar-refractivity contribution < 1.29 is 9.90 Å². The van der Waals surface area contributed by atoms with Gasteiger partial charge in [-0.25, -0.2) is 0 Å². The van der Waals surface area contributed by atoms with Gasteiger partial charge >= 0.3 is 5.97 Å². The van der Waals surface area contributed by atoms with Crippen molar-refractivity contribution in [3.8, 4) is 0 Å². The van der Waals surface area contributed by atoms with Crippen molar-refractivity contribution in [2.45, 2.75) is 13.0 Å². The van der Waals surface area contributed by atoms with E-state index in [0.717, 1.165) is 19.5 Å². The van der Waals surface area contributed by atoms with E-state index in [4.69, 9.17) is 5.11 Å². The van der Waals surface area contributed by atoms with Crippen molar-refractivity contribution in [2.24, 2.45) is 13.0 Å². The average Bonchev–Trinajstić information content (AvgIpc) is 2.77. The van der Waals surface area contributed by atoms with Gasteiger partial charge in [-0.2, -0.15) is 0 Å². The molecule has 0 aromatic carbocycles. The van der Waals surface area contributed by atoms with Gasteiger partial charge < -0.3 is 9.67 Å². The van der Waals surface area contributed by atoms with E-state index < -0.39 is 5.97 Å². The van der Waals surface area contributed by atoms with Crippen molar-refractivity contribution in [2.75, 3.05) is 13.1 Å². The second-order valence-electron chi connectivity index (χ2n) is 4.17. The summed E-state index contributed by atoms with van der Waals surface area (Å²) in [5.41, 5.74) is 1.24. The maximum Gasteiger partial charge on any atom is 0.307 e. The standard InChI is InChI=1S/C11H16N2O2/c1-12-5-2-3-10(12)8-13-6-4-9(7-13)11(14)15/h2-3,5,9H,4,6-8H2,1H3,(H,14,15). The number of carbonyl (C=O) groups is 1. The highest BCUT2D eigenvalue weighted by Gasteiger charge is 2.27. The largest absolute Gasteiger partial charge is 0.481 e. The molecule has 15 heavy (non-hydrogen) atoms. The molecule has 2 rings (SSSR count). The Kier molecular flexibility index (Phi) is 2.77. The summed E-state index contributed by atoms with van der Waals surface area (Å²) in [7, 11) is 2.01. The van der Waals surface area contributed by atoms with E-state index in [-0.39, 0.29) is 5.92 Å². The summed E-state index contributed by atoms with van der Waals surface area (Å²) in [5, 5.41) is 8.88. The molecular weight excluding hydrogens is 192 g/mol. The molecule has 0 saturated carbocycles. The molecule has 0 radical (unpaired) electrons. The lowest BCUT2D eigenvalue weighted by atomic mass is 10.1. The Hall–Kier alpha value is -1.29. The van der Waals surface area contributed by atoms with Crippen molar-refractivity contribution in [1.82, 2.24) is 9.47 Å². The molecule has 1 fully saturated rings. The van der Waals surface area contributed by atoms with Crippen LogP contribution in [0.2, 0.25) is 0 Å². The Labute approximate surface area is 89.1 Å². The zero-order chi connectivity index (χ0) is 10.8. The molecule has 1 atom stereocenters. The Morgan fingerprint density at radius 3 is 3.00 bits per heavy atom. The fourth-order valence-electron chi connectivity index (χ4n) is 2.07. The van der Waals surface area contributed by atoms with Crippen LogP contribution in [-0.4, -0.2) is 33.6 Å². The number of rotatable bonds is 3. The van der Waals surface area contributed by atoms with Gasteiger partial charge in [-0.3, -0.25) is 9.69 Å². The van der Waals surface area contributed by atoms with Crippen LogP contribution < -0.4 is 0 Å². The monoisotopic (exact) mass is 208 g/mol. The van der Waals surface area contributed by atoms with Crippen molar-refractivity contribution in [1.29, 1.82) is 0 Å². The number of carboxylic acids is 1. The lowest BCUT2D eigenvalue weighted by Crippen LogP contribution is -2.23. The van der Waals surface area contributed by atoms with Crippen LogP contribution in [0.4, 0.5) is 0 Å². The molecule has 0 aliphatic carbocycles. The van der Waals surface area contributed by atoms with Gasteiger partial charge in [-0.05, 0) is 25.1 Å². The quantitative estimate of drug-likeness (QED) is 0.803. The summed E-state index contributed by atoms with van der Waals surface area (Å²) in [4.78, 5) is 13.0. The zero-order valence-corrected chi connectivity index (χ0v) is 8.89. The molecule has 0 spiro atoms. The van der Waals surface area contributed by atoms with Gasteiger partial charge in [0.15, 0.2) is 0 Å². The van der Waals surface area contributed by atoms with E-state index in [1.807, 2.05) is 19.3 Å². The lowest BCUT2D eigenvalue weighted by Gasteiger charge is -2.15. The maximum absolute atomic E-state index is 10.8. The number of nitrogens with zero attached hydrogens (tertiary/aromatic N) is 2. The topological polar surface area (TPSA) is 45.5 Å². The molecule has 1 aliphatic rings. The number of aryl methyl sites for hydroxylation is 1. The number of hydrogen-bond donors (Lipinski definition) is 1. The predicted molar refractivity (Wildman–Crippen MR) is 56.4 cm³/mol. The van der Waals surface area contributed by atoms with Crippen LogP contribution >= 0.6 is 0 Å². The van der Waals surface area contributed by atoms with Gasteiger partial charge in [0.1, 0.15) is 0 Å². The van der Waals surface area contributed by atoms with Crippen LogP contribution in [0.1, 0.15) is 12.1 Å². The first-order chi connectivity index (χ1) is 7.16. The highest BCUT2D eigenvalue weighted by molar-refractivity contribution is 5.70. The molecule has 1 N–H and O–H groups in total. The van der Waals surface area contributed by atoms with Crippen molar-refractivity contribution in [3.05, 3.63) is 24.0 Å². The average molecular weight is 208 g/mol. The Balaban J connectivity index is 1.93. The van der Waals surface area contributed by atoms with Gasteiger partial charge in [0.25, 0.3) is 0 Å². The Bertz CT molecular complexity index is 359. The maximum atomic E-state index is 10.8. The number of aromatic nitrogens is 1. The van der Waals surface area contributed by atoms with Gasteiger partial charge in [-0.1, -0.05) is 0 Å². The molecule has 1 aromatic rings. The molecular formula is C11H16N2O2.